The number of anilines is 1. The number of likely N-dealkylation sites (N-methyl/N-ethyl adjacent to an activating group) is 1. The minimum atomic E-state index is -2.42. The Labute approximate surface area is 183 Å². The zero-order chi connectivity index (χ0) is 23.9. The van der Waals surface area contributed by atoms with Crippen molar-refractivity contribution in [2.45, 2.75) is 30.6 Å². The van der Waals surface area contributed by atoms with Crippen LogP contribution in [0, 0.1) is 11.8 Å². The number of ketones is 2. The van der Waals surface area contributed by atoms with E-state index in [9.17, 15) is 34.8 Å². The zero-order valence-corrected chi connectivity index (χ0v) is 17.7. The SMILES string of the molecule is C[C@H]1c2ccc(N)c(O)c2C(=O)C2=C[C@]3(O)C(O)=C(C(N)=O)C(=O)[C@@H](N(C)C)C3[C@@H](O)C21. The second-order valence-electron chi connectivity index (χ2n) is 8.91. The molecule has 2 unspecified atom stereocenters. The minimum Gasteiger partial charge on any atom is -0.508 e. The van der Waals surface area contributed by atoms with E-state index < -0.39 is 70.1 Å². The summed E-state index contributed by atoms with van der Waals surface area (Å²) in [5.74, 6) is -6.79. The predicted molar refractivity (Wildman–Crippen MR) is 113 cm³/mol. The maximum Gasteiger partial charge on any atom is 0.255 e. The van der Waals surface area contributed by atoms with Gasteiger partial charge in [-0.25, -0.2) is 0 Å². The molecule has 0 aromatic heterocycles. The molecule has 3 aliphatic rings. The minimum absolute atomic E-state index is 0.00834. The van der Waals surface area contributed by atoms with E-state index in [0.29, 0.717) is 5.56 Å². The topological polar surface area (TPSA) is 187 Å². The summed E-state index contributed by atoms with van der Waals surface area (Å²) < 4.78 is 0. The molecule has 4 rings (SSSR count). The lowest BCUT2D eigenvalue weighted by Gasteiger charge is -2.52. The number of phenols is 1. The Hall–Kier alpha value is -3.21. The van der Waals surface area contributed by atoms with Crippen LogP contribution >= 0.6 is 0 Å². The first kappa shape index (κ1) is 22.0. The molecule has 0 heterocycles. The number of aromatic hydroxyl groups is 1. The molecule has 3 aliphatic carbocycles. The van der Waals surface area contributed by atoms with Crippen molar-refractivity contribution in [3.8, 4) is 5.75 Å². The first-order chi connectivity index (χ1) is 14.8. The van der Waals surface area contributed by atoms with Gasteiger partial charge in [0.05, 0.1) is 23.4 Å². The number of phenolic OH excluding ortho intramolecular Hbond substituents is 1. The molecular formula is C22H25N3O7. The summed E-state index contributed by atoms with van der Waals surface area (Å²) in [7, 11) is 3.06. The van der Waals surface area contributed by atoms with Crippen molar-refractivity contribution < 1.29 is 34.8 Å². The number of fused-ring (bicyclic) bond motifs is 3. The Bertz CT molecular complexity index is 1140. The normalized spacial score (nSPS) is 34.1. The summed E-state index contributed by atoms with van der Waals surface area (Å²) in [5.41, 5.74) is 8.21. The van der Waals surface area contributed by atoms with E-state index in [2.05, 4.69) is 0 Å². The van der Waals surface area contributed by atoms with E-state index in [-0.39, 0.29) is 16.8 Å². The van der Waals surface area contributed by atoms with Gasteiger partial charge >= 0.3 is 0 Å². The van der Waals surface area contributed by atoms with Gasteiger partial charge in [0.25, 0.3) is 5.91 Å². The van der Waals surface area contributed by atoms with Gasteiger partial charge in [-0.1, -0.05) is 13.0 Å². The number of nitrogens with zero attached hydrogens (tertiary/aromatic N) is 1. The van der Waals surface area contributed by atoms with Crippen LogP contribution in [0.1, 0.15) is 28.8 Å². The number of Topliss-reactive ketones (excluding diaryl/α,β-unsaturated/α-hetero) is 2. The lowest BCUT2D eigenvalue weighted by Crippen LogP contribution is -2.66. The number of hydrogen-bond acceptors (Lipinski definition) is 9. The van der Waals surface area contributed by atoms with Crippen LogP contribution in [0.15, 0.2) is 35.1 Å². The van der Waals surface area contributed by atoms with Gasteiger partial charge in [-0.15, -0.1) is 0 Å². The van der Waals surface area contributed by atoms with E-state index in [4.69, 9.17) is 11.5 Å². The van der Waals surface area contributed by atoms with Gasteiger partial charge < -0.3 is 31.9 Å². The zero-order valence-electron chi connectivity index (χ0n) is 17.7. The summed E-state index contributed by atoms with van der Waals surface area (Å²) in [6.45, 7) is 1.74. The number of nitrogen functional groups attached to an aromatic ring is 1. The van der Waals surface area contributed by atoms with Crippen molar-refractivity contribution in [1.29, 1.82) is 0 Å². The van der Waals surface area contributed by atoms with Crippen LogP contribution in [-0.4, -0.2) is 74.6 Å². The van der Waals surface area contributed by atoms with E-state index >= 15 is 0 Å². The van der Waals surface area contributed by atoms with Crippen molar-refractivity contribution in [3.05, 3.63) is 46.2 Å². The maximum absolute atomic E-state index is 13.4. The number of aliphatic hydroxyl groups is 3. The molecule has 10 nitrogen and oxygen atoms in total. The molecule has 10 heteroatoms. The monoisotopic (exact) mass is 443 g/mol. The molecular weight excluding hydrogens is 418 g/mol. The molecule has 0 spiro atoms. The highest BCUT2D eigenvalue weighted by atomic mass is 16.3. The molecule has 6 atom stereocenters. The van der Waals surface area contributed by atoms with Gasteiger partial charge in [0.1, 0.15) is 22.7 Å². The Morgan fingerprint density at radius 2 is 1.81 bits per heavy atom. The van der Waals surface area contributed by atoms with Gasteiger partial charge in [-0.2, -0.15) is 0 Å². The van der Waals surface area contributed by atoms with Gasteiger partial charge in [0.15, 0.2) is 11.6 Å². The fourth-order valence-electron chi connectivity index (χ4n) is 5.53. The van der Waals surface area contributed by atoms with Crippen LogP contribution in [0.3, 0.4) is 0 Å². The molecule has 8 N–H and O–H groups in total. The van der Waals surface area contributed by atoms with Crippen LogP contribution in [0.4, 0.5) is 5.69 Å². The van der Waals surface area contributed by atoms with Crippen molar-refractivity contribution in [3.63, 3.8) is 0 Å². The number of primary amides is 1. The van der Waals surface area contributed by atoms with E-state index in [1.165, 1.54) is 25.1 Å². The van der Waals surface area contributed by atoms with Crippen LogP contribution in [0.5, 0.6) is 5.75 Å². The summed E-state index contributed by atoms with van der Waals surface area (Å²) >= 11 is 0. The van der Waals surface area contributed by atoms with Crippen molar-refractivity contribution >= 4 is 23.2 Å². The third-order valence-electron chi connectivity index (χ3n) is 7.01. The van der Waals surface area contributed by atoms with Crippen LogP contribution in [0.2, 0.25) is 0 Å². The molecule has 32 heavy (non-hydrogen) atoms. The number of benzene rings is 1. The number of hydrogen-bond donors (Lipinski definition) is 6. The van der Waals surface area contributed by atoms with Crippen LogP contribution < -0.4 is 11.5 Å². The van der Waals surface area contributed by atoms with Crippen molar-refractivity contribution in [1.82, 2.24) is 4.90 Å². The molecule has 1 aromatic rings. The first-order valence-electron chi connectivity index (χ1n) is 10.1. The van der Waals surface area contributed by atoms with Gasteiger partial charge in [0, 0.05) is 17.4 Å². The van der Waals surface area contributed by atoms with Crippen molar-refractivity contribution in [2.24, 2.45) is 17.6 Å². The third-order valence-corrected chi connectivity index (χ3v) is 7.01. The molecule has 0 aliphatic heterocycles. The van der Waals surface area contributed by atoms with E-state index in [1.807, 2.05) is 0 Å². The van der Waals surface area contributed by atoms with Crippen molar-refractivity contribution in [2.75, 3.05) is 19.8 Å². The fraction of sp³-hybridized carbons (Fsp3) is 0.409. The van der Waals surface area contributed by atoms with Crippen LogP contribution in [-0.2, 0) is 9.59 Å². The lowest BCUT2D eigenvalue weighted by atomic mass is 9.56. The number of amides is 1. The smallest absolute Gasteiger partial charge is 0.255 e. The highest BCUT2D eigenvalue weighted by molar-refractivity contribution is 6.22. The molecule has 1 amide bonds. The lowest BCUT2D eigenvalue weighted by molar-refractivity contribution is -0.143. The number of carbonyl (C=O) groups excluding carboxylic acids is 3. The van der Waals surface area contributed by atoms with Gasteiger partial charge in [-0.3, -0.25) is 19.3 Å². The average molecular weight is 443 g/mol. The molecule has 1 aromatic carbocycles. The molecule has 0 bridgehead atoms. The second-order valence-corrected chi connectivity index (χ2v) is 8.91. The Kier molecular flexibility index (Phi) is 4.74. The average Bonchev–Trinajstić information content (AvgIpc) is 2.69. The Morgan fingerprint density at radius 1 is 1.19 bits per heavy atom. The summed E-state index contributed by atoms with van der Waals surface area (Å²) in [4.78, 5) is 39.8. The maximum atomic E-state index is 13.4. The Balaban J connectivity index is 2.03. The summed E-state index contributed by atoms with van der Waals surface area (Å²) in [6.07, 6.45) is -0.388. The van der Waals surface area contributed by atoms with Gasteiger partial charge in [-0.05, 0) is 37.7 Å². The van der Waals surface area contributed by atoms with Gasteiger partial charge in [0.2, 0.25) is 0 Å². The number of aliphatic hydroxyl groups excluding tert-OH is 2. The van der Waals surface area contributed by atoms with E-state index in [1.54, 1.807) is 13.0 Å². The molecule has 0 saturated carbocycles. The summed E-state index contributed by atoms with van der Waals surface area (Å²) in [6, 6.07) is 1.85. The highest BCUT2D eigenvalue weighted by Crippen LogP contribution is 2.54. The number of rotatable bonds is 2. The fourth-order valence-corrected chi connectivity index (χ4v) is 5.53. The summed E-state index contributed by atoms with van der Waals surface area (Å²) in [5, 5.41) is 44.1. The largest absolute Gasteiger partial charge is 0.508 e. The third kappa shape index (κ3) is 2.60. The number of carbonyl (C=O) groups is 3. The van der Waals surface area contributed by atoms with E-state index in [0.717, 1.165) is 6.08 Å². The molecule has 0 fully saturated rings. The molecule has 170 valence electrons. The Morgan fingerprint density at radius 3 is 2.38 bits per heavy atom. The molecule has 0 radical (unpaired) electrons. The second kappa shape index (κ2) is 6.89. The highest BCUT2D eigenvalue weighted by Gasteiger charge is 2.62. The predicted octanol–water partition coefficient (Wildman–Crippen LogP) is -0.651. The molecule has 0 saturated heterocycles. The van der Waals surface area contributed by atoms with Crippen LogP contribution in [0.25, 0.3) is 0 Å². The first-order valence-corrected chi connectivity index (χ1v) is 10.1. The number of nitrogens with two attached hydrogens (primary N) is 2. The standard InChI is InChI=1S/C22H25N3O7/c1-7-8-4-5-10(23)17(27)12(8)16(26)9-6-22(32)14(18(28)11(7)9)15(25(2)3)19(29)13(20(22)30)21(24)31/h4-7,11,14-15,18,27-28,30,32H,23H2,1-3H3,(H2,24,31)/t7-,11?,14?,15-,18-,22+/m0/s1. The quantitative estimate of drug-likeness (QED) is 0.196.